The zero-order chi connectivity index (χ0) is 16.4. The molecule has 0 saturated heterocycles. The summed E-state index contributed by atoms with van der Waals surface area (Å²) in [7, 11) is 1.54. The summed E-state index contributed by atoms with van der Waals surface area (Å²) in [5.41, 5.74) is -0.233. The van der Waals surface area contributed by atoms with Crippen LogP contribution < -0.4 is 15.7 Å². The topological polar surface area (TPSA) is 121 Å². The van der Waals surface area contributed by atoms with Crippen LogP contribution in [0.2, 0.25) is 0 Å². The zero-order valence-corrected chi connectivity index (χ0v) is 11.8. The maximum Gasteiger partial charge on any atom is 0.401 e. The van der Waals surface area contributed by atoms with Gasteiger partial charge >= 0.3 is 11.5 Å². The van der Waals surface area contributed by atoms with Crippen LogP contribution in [0.15, 0.2) is 35.3 Å². The van der Waals surface area contributed by atoms with E-state index in [2.05, 4.69) is 20.6 Å². The van der Waals surface area contributed by atoms with E-state index < -0.39 is 11.5 Å². The molecule has 0 atom stereocenters. The van der Waals surface area contributed by atoms with Crippen molar-refractivity contribution in [3.63, 3.8) is 0 Å². The number of aromatic nitrogens is 5. The van der Waals surface area contributed by atoms with E-state index in [9.17, 15) is 14.4 Å². The molecule has 0 spiro atoms. The average Bonchev–Trinajstić information content (AvgIpc) is 2.91. The van der Waals surface area contributed by atoms with Crippen LogP contribution in [0.3, 0.4) is 0 Å². The number of hydrogen-bond acceptors (Lipinski definition) is 7. The van der Waals surface area contributed by atoms with Gasteiger partial charge in [0.25, 0.3) is 0 Å². The van der Waals surface area contributed by atoms with Crippen LogP contribution >= 0.6 is 0 Å². The SMILES string of the molecule is Cn1cc(NC=O)nc1C(=O)On1nnc2ccccc2c1=O. The highest BCUT2D eigenvalue weighted by Crippen LogP contribution is 2.07. The van der Waals surface area contributed by atoms with Gasteiger partial charge in [0.1, 0.15) is 5.52 Å². The summed E-state index contributed by atoms with van der Waals surface area (Å²) in [6.07, 6.45) is 1.84. The Morgan fingerprint density at radius 3 is 2.91 bits per heavy atom. The van der Waals surface area contributed by atoms with Crippen molar-refractivity contribution < 1.29 is 14.4 Å². The monoisotopic (exact) mass is 314 g/mol. The fourth-order valence-electron chi connectivity index (χ4n) is 1.94. The van der Waals surface area contributed by atoms with Gasteiger partial charge in [0.2, 0.25) is 12.2 Å². The third kappa shape index (κ3) is 2.64. The van der Waals surface area contributed by atoms with Crippen molar-refractivity contribution in [3.05, 3.63) is 46.6 Å². The molecule has 2 aromatic heterocycles. The first kappa shape index (κ1) is 14.4. The van der Waals surface area contributed by atoms with E-state index in [0.717, 1.165) is 0 Å². The molecule has 1 N–H and O–H groups in total. The maximum atomic E-state index is 12.2. The second kappa shape index (κ2) is 5.67. The summed E-state index contributed by atoms with van der Waals surface area (Å²) in [5.74, 6) is -0.860. The lowest BCUT2D eigenvalue weighted by molar-refractivity contribution is -0.105. The van der Waals surface area contributed by atoms with E-state index in [4.69, 9.17) is 4.84 Å². The van der Waals surface area contributed by atoms with Gasteiger partial charge in [-0.1, -0.05) is 12.1 Å². The fourth-order valence-corrected chi connectivity index (χ4v) is 1.94. The predicted octanol–water partition coefficient (Wildman–Crippen LogP) is -0.638. The number of carbonyl (C=O) groups is 2. The number of rotatable bonds is 4. The van der Waals surface area contributed by atoms with E-state index >= 15 is 0 Å². The van der Waals surface area contributed by atoms with Gasteiger partial charge in [-0.2, -0.15) is 0 Å². The van der Waals surface area contributed by atoms with Gasteiger partial charge in [0.15, 0.2) is 5.82 Å². The van der Waals surface area contributed by atoms with Crippen LogP contribution in [0, 0.1) is 0 Å². The number of amides is 1. The van der Waals surface area contributed by atoms with Gasteiger partial charge in [-0.25, -0.2) is 9.78 Å². The molecule has 3 rings (SSSR count). The van der Waals surface area contributed by atoms with Gasteiger partial charge in [-0.05, 0) is 22.2 Å². The normalized spacial score (nSPS) is 10.5. The highest BCUT2D eigenvalue weighted by atomic mass is 16.7. The lowest BCUT2D eigenvalue weighted by atomic mass is 10.2. The fraction of sp³-hybridized carbons (Fsp3) is 0.0769. The van der Waals surface area contributed by atoms with E-state index in [1.165, 1.54) is 17.8 Å². The van der Waals surface area contributed by atoms with Crippen LogP contribution in [0.25, 0.3) is 10.9 Å². The standard InChI is InChI=1S/C13H10N6O4/c1-18-6-10(14-7-20)15-11(18)13(22)23-19-12(21)8-4-2-3-5-9(8)16-17-19/h2-7H,1H3,(H,14,20). The number of imidazole rings is 1. The van der Waals surface area contributed by atoms with Crippen molar-refractivity contribution >= 4 is 29.1 Å². The summed E-state index contributed by atoms with van der Waals surface area (Å²) < 4.78 is 1.34. The molecule has 10 heteroatoms. The van der Waals surface area contributed by atoms with Crippen molar-refractivity contribution in [2.24, 2.45) is 7.05 Å². The summed E-state index contributed by atoms with van der Waals surface area (Å²) in [4.78, 5) is 43.9. The zero-order valence-electron chi connectivity index (χ0n) is 11.8. The Labute approximate surface area is 128 Å². The highest BCUT2D eigenvalue weighted by molar-refractivity contribution is 5.87. The van der Waals surface area contributed by atoms with Crippen molar-refractivity contribution in [1.82, 2.24) is 24.7 Å². The van der Waals surface area contributed by atoms with Gasteiger partial charge in [-0.15, -0.1) is 5.10 Å². The van der Waals surface area contributed by atoms with Crippen LogP contribution in [-0.4, -0.2) is 37.1 Å². The highest BCUT2D eigenvalue weighted by Gasteiger charge is 2.18. The number of aryl methyl sites for hydroxylation is 1. The number of fused-ring (bicyclic) bond motifs is 1. The molecule has 0 aliphatic rings. The van der Waals surface area contributed by atoms with E-state index in [1.54, 1.807) is 24.3 Å². The summed E-state index contributed by atoms with van der Waals surface area (Å²) in [6.45, 7) is 0. The van der Waals surface area contributed by atoms with Crippen LogP contribution in [0.4, 0.5) is 5.82 Å². The Bertz CT molecular complexity index is 960. The minimum Gasteiger partial charge on any atom is -0.326 e. The molecule has 0 bridgehead atoms. The Morgan fingerprint density at radius 2 is 2.13 bits per heavy atom. The summed E-state index contributed by atoms with van der Waals surface area (Å²) in [6, 6.07) is 6.53. The molecule has 10 nitrogen and oxygen atoms in total. The van der Waals surface area contributed by atoms with Crippen molar-refractivity contribution in [2.45, 2.75) is 0 Å². The molecule has 1 amide bonds. The van der Waals surface area contributed by atoms with Crippen LogP contribution in [-0.2, 0) is 11.8 Å². The molecule has 0 saturated carbocycles. The van der Waals surface area contributed by atoms with Crippen molar-refractivity contribution in [3.8, 4) is 0 Å². The molecule has 0 radical (unpaired) electrons. The van der Waals surface area contributed by atoms with Crippen molar-refractivity contribution in [2.75, 3.05) is 5.32 Å². The van der Waals surface area contributed by atoms with E-state index in [-0.39, 0.29) is 17.0 Å². The van der Waals surface area contributed by atoms with Gasteiger partial charge < -0.3 is 14.7 Å². The lowest BCUT2D eigenvalue weighted by Gasteiger charge is -2.04. The minimum atomic E-state index is -0.918. The molecular weight excluding hydrogens is 304 g/mol. The minimum absolute atomic E-state index is 0.115. The molecule has 0 aliphatic carbocycles. The first-order chi connectivity index (χ1) is 11.1. The maximum absolute atomic E-state index is 12.2. The lowest BCUT2D eigenvalue weighted by Crippen LogP contribution is -2.34. The second-order valence-corrected chi connectivity index (χ2v) is 4.49. The Hall–Kier alpha value is -3.56. The van der Waals surface area contributed by atoms with Crippen LogP contribution in [0.1, 0.15) is 10.6 Å². The largest absolute Gasteiger partial charge is 0.401 e. The average molecular weight is 314 g/mol. The van der Waals surface area contributed by atoms with Crippen molar-refractivity contribution in [1.29, 1.82) is 0 Å². The number of anilines is 1. The Balaban J connectivity index is 1.93. The third-order valence-electron chi connectivity index (χ3n) is 2.98. The molecule has 23 heavy (non-hydrogen) atoms. The quantitative estimate of drug-likeness (QED) is 0.502. The van der Waals surface area contributed by atoms with E-state index in [1.807, 2.05) is 0 Å². The molecule has 2 heterocycles. The van der Waals surface area contributed by atoms with Gasteiger partial charge in [0.05, 0.1) is 5.39 Å². The summed E-state index contributed by atoms with van der Waals surface area (Å²) in [5, 5.41) is 9.91. The molecule has 0 aliphatic heterocycles. The number of benzene rings is 1. The molecular formula is C13H10N6O4. The Kier molecular flexibility index (Phi) is 3.55. The Morgan fingerprint density at radius 1 is 1.35 bits per heavy atom. The number of carbonyl (C=O) groups excluding carboxylic acids is 2. The number of hydrogen-bond donors (Lipinski definition) is 1. The van der Waals surface area contributed by atoms with Gasteiger partial charge in [-0.3, -0.25) is 9.59 Å². The molecule has 116 valence electrons. The predicted molar refractivity (Wildman–Crippen MR) is 77.6 cm³/mol. The van der Waals surface area contributed by atoms with Crippen LogP contribution in [0.5, 0.6) is 0 Å². The number of nitrogens with zero attached hydrogens (tertiary/aromatic N) is 5. The first-order valence-electron chi connectivity index (χ1n) is 6.41. The first-order valence-corrected chi connectivity index (χ1v) is 6.41. The molecule has 1 aromatic carbocycles. The molecule has 3 aromatic rings. The molecule has 0 unspecified atom stereocenters. The van der Waals surface area contributed by atoms with Gasteiger partial charge in [0, 0.05) is 13.2 Å². The number of nitrogens with one attached hydrogen (secondary N) is 1. The summed E-state index contributed by atoms with van der Waals surface area (Å²) >= 11 is 0. The molecule has 0 fully saturated rings. The third-order valence-corrected chi connectivity index (χ3v) is 2.98. The smallest absolute Gasteiger partial charge is 0.326 e. The van der Waals surface area contributed by atoms with E-state index in [0.29, 0.717) is 16.8 Å². The second-order valence-electron chi connectivity index (χ2n) is 4.49.